The van der Waals surface area contributed by atoms with Crippen molar-refractivity contribution < 1.29 is 4.79 Å². The van der Waals surface area contributed by atoms with Crippen LogP contribution in [0.25, 0.3) is 0 Å². The van der Waals surface area contributed by atoms with Crippen molar-refractivity contribution in [2.45, 2.75) is 18.4 Å². The number of Topliss-reactive ketones (excluding diaryl/α,β-unsaturated/α-hetero) is 1. The van der Waals surface area contributed by atoms with Gasteiger partial charge in [0.15, 0.2) is 5.78 Å². The Morgan fingerprint density at radius 1 is 1.18 bits per heavy atom. The van der Waals surface area contributed by atoms with Crippen LogP contribution in [0.15, 0.2) is 53.4 Å². The number of ketones is 1. The van der Waals surface area contributed by atoms with E-state index >= 15 is 0 Å². The summed E-state index contributed by atoms with van der Waals surface area (Å²) in [4.78, 5) is 13.7. The van der Waals surface area contributed by atoms with Crippen LogP contribution >= 0.6 is 24.2 Å². The lowest BCUT2D eigenvalue weighted by Crippen LogP contribution is -2.32. The summed E-state index contributed by atoms with van der Waals surface area (Å²) in [5.41, 5.74) is 3.31. The number of fused-ring (bicyclic) bond motifs is 1. The molecule has 0 aliphatic carbocycles. The predicted molar refractivity (Wildman–Crippen MR) is 95.1 cm³/mol. The zero-order chi connectivity index (χ0) is 14.7. The Morgan fingerprint density at radius 3 is 2.73 bits per heavy atom. The number of carbonyl (C=O) groups is 1. The van der Waals surface area contributed by atoms with E-state index in [0.717, 1.165) is 34.9 Å². The van der Waals surface area contributed by atoms with Crippen LogP contribution in [-0.4, -0.2) is 18.1 Å². The minimum absolute atomic E-state index is 0. The second-order valence-corrected chi connectivity index (χ2v) is 6.55. The van der Waals surface area contributed by atoms with Crippen LogP contribution < -0.4 is 5.32 Å². The Balaban J connectivity index is 0.00000176. The number of hydrogen-bond acceptors (Lipinski definition) is 3. The normalized spacial score (nSPS) is 16.8. The van der Waals surface area contributed by atoms with Gasteiger partial charge < -0.3 is 5.32 Å². The zero-order valence-corrected chi connectivity index (χ0v) is 14.2. The Labute approximate surface area is 142 Å². The molecule has 1 atom stereocenters. The Hall–Kier alpha value is -1.29. The largest absolute Gasteiger partial charge is 0.312 e. The van der Waals surface area contributed by atoms with Gasteiger partial charge in [-0.2, -0.15) is 0 Å². The molecule has 0 bridgehead atoms. The fraction of sp³-hybridized carbons (Fsp3) is 0.278. The maximum Gasteiger partial charge on any atom is 0.169 e. The summed E-state index contributed by atoms with van der Waals surface area (Å²) in [6, 6.07) is 16.5. The molecular weight excluding hydrogens is 314 g/mol. The summed E-state index contributed by atoms with van der Waals surface area (Å²) < 4.78 is 0. The van der Waals surface area contributed by atoms with Gasteiger partial charge in [0.1, 0.15) is 0 Å². The molecule has 2 nitrogen and oxygen atoms in total. The molecule has 0 radical (unpaired) electrons. The van der Waals surface area contributed by atoms with Crippen LogP contribution in [0.2, 0.25) is 0 Å². The van der Waals surface area contributed by atoms with E-state index in [1.807, 2.05) is 31.2 Å². The van der Waals surface area contributed by atoms with Crippen molar-refractivity contribution in [2.24, 2.45) is 5.92 Å². The number of nitrogens with one attached hydrogen (secondary N) is 1. The summed E-state index contributed by atoms with van der Waals surface area (Å²) in [6.45, 7) is 3.60. The van der Waals surface area contributed by atoms with Gasteiger partial charge in [-0.15, -0.1) is 24.2 Å². The minimum atomic E-state index is 0. The van der Waals surface area contributed by atoms with E-state index in [9.17, 15) is 4.79 Å². The lowest BCUT2D eigenvalue weighted by molar-refractivity contribution is 0.0925. The molecule has 1 aliphatic rings. The minimum Gasteiger partial charge on any atom is -0.312 e. The number of benzene rings is 2. The highest BCUT2D eigenvalue weighted by molar-refractivity contribution is 7.99. The second kappa shape index (κ2) is 7.82. The molecular formula is C18H20ClNOS. The Morgan fingerprint density at radius 2 is 1.95 bits per heavy atom. The lowest BCUT2D eigenvalue weighted by Gasteiger charge is -2.23. The average Bonchev–Trinajstić information content (AvgIpc) is 2.51. The van der Waals surface area contributed by atoms with Crippen LogP contribution in [0.5, 0.6) is 0 Å². The highest BCUT2D eigenvalue weighted by Crippen LogP contribution is 2.33. The molecule has 3 rings (SSSR count). The molecule has 0 fully saturated rings. The third-order valence-corrected chi connectivity index (χ3v) is 5.01. The molecule has 2 aromatic carbocycles. The van der Waals surface area contributed by atoms with Crippen molar-refractivity contribution in [1.82, 2.24) is 5.32 Å². The van der Waals surface area contributed by atoms with Crippen molar-refractivity contribution in [1.29, 1.82) is 0 Å². The molecule has 1 aliphatic heterocycles. The monoisotopic (exact) mass is 333 g/mol. The molecule has 0 saturated carbocycles. The van der Waals surface area contributed by atoms with E-state index in [1.165, 1.54) is 5.56 Å². The topological polar surface area (TPSA) is 29.1 Å². The first-order valence-electron chi connectivity index (χ1n) is 7.26. The van der Waals surface area contributed by atoms with Crippen molar-refractivity contribution in [3.05, 3.63) is 65.2 Å². The summed E-state index contributed by atoms with van der Waals surface area (Å²) in [5.74, 6) is 1.23. The quantitative estimate of drug-likeness (QED) is 0.912. The van der Waals surface area contributed by atoms with E-state index in [2.05, 4.69) is 29.6 Å². The molecule has 2 aromatic rings. The van der Waals surface area contributed by atoms with Gasteiger partial charge in [-0.25, -0.2) is 0 Å². The third-order valence-electron chi connectivity index (χ3n) is 3.77. The standard InChI is InChI=1S/C18H19NOS.ClH/c1-13-7-8-17-16(9-13)18(20)15(12-21-17)11-19-10-14-5-3-2-4-6-14;/h2-9,15,19H,10-12H2,1H3;1H. The maximum absolute atomic E-state index is 12.6. The SMILES string of the molecule is Cc1ccc2c(c1)C(=O)C(CNCc1ccccc1)CS2.Cl. The van der Waals surface area contributed by atoms with Gasteiger partial charge in [0, 0.05) is 35.2 Å². The highest BCUT2D eigenvalue weighted by Gasteiger charge is 2.27. The summed E-state index contributed by atoms with van der Waals surface area (Å²) in [5, 5.41) is 3.41. The summed E-state index contributed by atoms with van der Waals surface area (Å²) in [6.07, 6.45) is 0. The number of halogens is 1. The molecule has 116 valence electrons. The Kier molecular flexibility index (Phi) is 6.07. The van der Waals surface area contributed by atoms with Crippen LogP contribution in [0.4, 0.5) is 0 Å². The van der Waals surface area contributed by atoms with Crippen LogP contribution in [0, 0.1) is 12.8 Å². The van der Waals surface area contributed by atoms with Crippen molar-refractivity contribution in [3.8, 4) is 0 Å². The number of hydrogen-bond donors (Lipinski definition) is 1. The molecule has 0 amide bonds. The summed E-state index contributed by atoms with van der Waals surface area (Å²) in [7, 11) is 0. The first-order valence-corrected chi connectivity index (χ1v) is 8.25. The van der Waals surface area contributed by atoms with Crippen molar-refractivity contribution >= 4 is 30.0 Å². The number of aryl methyl sites for hydroxylation is 1. The molecule has 1 heterocycles. The van der Waals surface area contributed by atoms with E-state index in [1.54, 1.807) is 11.8 Å². The van der Waals surface area contributed by atoms with E-state index in [0.29, 0.717) is 0 Å². The smallest absolute Gasteiger partial charge is 0.169 e. The van der Waals surface area contributed by atoms with Crippen LogP contribution in [0.3, 0.4) is 0 Å². The van der Waals surface area contributed by atoms with E-state index < -0.39 is 0 Å². The fourth-order valence-corrected chi connectivity index (χ4v) is 3.72. The molecule has 0 spiro atoms. The number of carbonyl (C=O) groups excluding carboxylic acids is 1. The molecule has 0 aromatic heterocycles. The Bertz CT molecular complexity index is 645. The maximum atomic E-state index is 12.6. The molecule has 4 heteroatoms. The van der Waals surface area contributed by atoms with Crippen LogP contribution in [-0.2, 0) is 6.54 Å². The van der Waals surface area contributed by atoms with Gasteiger partial charge in [-0.05, 0) is 24.6 Å². The lowest BCUT2D eigenvalue weighted by atomic mass is 9.97. The fourth-order valence-electron chi connectivity index (χ4n) is 2.59. The second-order valence-electron chi connectivity index (χ2n) is 5.49. The first kappa shape index (κ1) is 17.1. The molecule has 1 N–H and O–H groups in total. The zero-order valence-electron chi connectivity index (χ0n) is 12.5. The van der Waals surface area contributed by atoms with Gasteiger partial charge in [0.05, 0.1) is 0 Å². The van der Waals surface area contributed by atoms with Crippen LogP contribution in [0.1, 0.15) is 21.5 Å². The third kappa shape index (κ3) is 3.92. The average molecular weight is 334 g/mol. The van der Waals surface area contributed by atoms with Gasteiger partial charge >= 0.3 is 0 Å². The van der Waals surface area contributed by atoms with Crippen molar-refractivity contribution in [3.63, 3.8) is 0 Å². The molecule has 22 heavy (non-hydrogen) atoms. The summed E-state index contributed by atoms with van der Waals surface area (Å²) >= 11 is 1.79. The number of rotatable bonds is 4. The van der Waals surface area contributed by atoms with Gasteiger partial charge in [-0.3, -0.25) is 4.79 Å². The van der Waals surface area contributed by atoms with Gasteiger partial charge in [-0.1, -0.05) is 42.0 Å². The predicted octanol–water partition coefficient (Wildman–Crippen LogP) is 4.11. The van der Waals surface area contributed by atoms with Gasteiger partial charge in [0.25, 0.3) is 0 Å². The number of thioether (sulfide) groups is 1. The molecule has 0 saturated heterocycles. The van der Waals surface area contributed by atoms with E-state index in [-0.39, 0.29) is 24.1 Å². The highest BCUT2D eigenvalue weighted by atomic mass is 35.5. The van der Waals surface area contributed by atoms with E-state index in [4.69, 9.17) is 0 Å². The first-order chi connectivity index (χ1) is 10.2. The van der Waals surface area contributed by atoms with Crippen molar-refractivity contribution in [2.75, 3.05) is 12.3 Å². The molecule has 1 unspecified atom stereocenters. The van der Waals surface area contributed by atoms with Gasteiger partial charge in [0.2, 0.25) is 0 Å².